The monoisotopic (exact) mass is 329 g/mol. The van der Waals surface area contributed by atoms with E-state index in [-0.39, 0.29) is 6.04 Å². The summed E-state index contributed by atoms with van der Waals surface area (Å²) >= 11 is 0. The maximum absolute atomic E-state index is 12.3. The van der Waals surface area contributed by atoms with Gasteiger partial charge in [-0.2, -0.15) is 18.3 Å². The predicted molar refractivity (Wildman–Crippen MR) is 77.7 cm³/mol. The average molecular weight is 329 g/mol. The number of nitrogens with zero attached hydrogens (tertiary/aromatic N) is 3. The molecule has 0 radical (unpaired) electrons. The number of alkyl halides is 3. The number of rotatable bonds is 4. The summed E-state index contributed by atoms with van der Waals surface area (Å²) < 4.78 is 38.5. The summed E-state index contributed by atoms with van der Waals surface area (Å²) in [6.07, 6.45) is 2.82. The molecule has 1 amide bonds. The minimum atomic E-state index is -4.96. The molecule has 5 nitrogen and oxygen atoms in total. The number of hydrogen-bond acceptors (Lipinski definition) is 3. The van der Waals surface area contributed by atoms with Gasteiger partial charge in [0.15, 0.2) is 0 Å². The summed E-state index contributed by atoms with van der Waals surface area (Å²) in [6, 6.07) is 1.67. The fourth-order valence-corrected chi connectivity index (χ4v) is 2.68. The molecule has 1 aliphatic rings. The summed E-state index contributed by atoms with van der Waals surface area (Å²) in [5.74, 6) is -2.13. The third-order valence-corrected chi connectivity index (χ3v) is 3.81. The Kier molecular flexibility index (Phi) is 5.23. The van der Waals surface area contributed by atoms with E-state index in [0.29, 0.717) is 11.9 Å². The van der Waals surface area contributed by atoms with Crippen molar-refractivity contribution in [3.63, 3.8) is 0 Å². The highest BCUT2D eigenvalue weighted by Crippen LogP contribution is 2.31. The van der Waals surface area contributed by atoms with Crippen molar-refractivity contribution in [2.45, 2.75) is 51.2 Å². The molecule has 0 N–H and O–H groups in total. The molecule has 1 aromatic heterocycles. The lowest BCUT2D eigenvalue weighted by atomic mass is 9.96. The molecular weight excluding hydrogens is 311 g/mol. The quantitative estimate of drug-likeness (QED) is 0.796. The number of halogens is 3. The van der Waals surface area contributed by atoms with E-state index >= 15 is 0 Å². The number of anilines is 1. The maximum Gasteiger partial charge on any atom is 0.454 e. The van der Waals surface area contributed by atoms with E-state index in [1.807, 2.05) is 0 Å². The Morgan fingerprint density at radius 3 is 2.52 bits per heavy atom. The molecule has 0 atom stereocenters. The molecule has 0 aliphatic heterocycles. The van der Waals surface area contributed by atoms with Gasteiger partial charge in [0.1, 0.15) is 5.82 Å². The van der Waals surface area contributed by atoms with Gasteiger partial charge in [-0.15, -0.1) is 0 Å². The van der Waals surface area contributed by atoms with E-state index in [0.717, 1.165) is 43.2 Å². The van der Waals surface area contributed by atoms with Crippen LogP contribution in [0.1, 0.15) is 45.1 Å². The SMILES string of the molecule is CC(=O)N(C=CC(=O)C(F)(F)F)c1ccnn1C1CCCCC1. The third-order valence-electron chi connectivity index (χ3n) is 3.81. The second-order valence-corrected chi connectivity index (χ2v) is 5.49. The van der Waals surface area contributed by atoms with Crippen LogP contribution < -0.4 is 4.90 Å². The molecule has 0 unspecified atom stereocenters. The number of carbonyl (C=O) groups is 2. The summed E-state index contributed by atoms with van der Waals surface area (Å²) in [5.41, 5.74) is 0. The number of amides is 1. The summed E-state index contributed by atoms with van der Waals surface area (Å²) in [4.78, 5) is 23.8. The van der Waals surface area contributed by atoms with Gasteiger partial charge < -0.3 is 0 Å². The molecule has 1 heterocycles. The van der Waals surface area contributed by atoms with Gasteiger partial charge in [0, 0.05) is 25.3 Å². The van der Waals surface area contributed by atoms with E-state index in [1.54, 1.807) is 10.7 Å². The van der Waals surface area contributed by atoms with Crippen LogP contribution in [0.25, 0.3) is 0 Å². The third kappa shape index (κ3) is 4.20. The Labute approximate surface area is 131 Å². The molecule has 0 bridgehead atoms. The first-order valence-electron chi connectivity index (χ1n) is 7.43. The Morgan fingerprint density at radius 2 is 1.96 bits per heavy atom. The first-order valence-corrected chi connectivity index (χ1v) is 7.43. The zero-order chi connectivity index (χ0) is 17.0. The molecule has 8 heteroatoms. The van der Waals surface area contributed by atoms with Gasteiger partial charge in [-0.1, -0.05) is 19.3 Å². The van der Waals surface area contributed by atoms with Gasteiger partial charge in [0.25, 0.3) is 5.78 Å². The lowest BCUT2D eigenvalue weighted by molar-refractivity contribution is -0.165. The van der Waals surface area contributed by atoms with Crippen molar-refractivity contribution in [2.24, 2.45) is 0 Å². The van der Waals surface area contributed by atoms with E-state index < -0.39 is 17.9 Å². The second kappa shape index (κ2) is 6.97. The van der Waals surface area contributed by atoms with Crippen molar-refractivity contribution in [2.75, 3.05) is 4.90 Å². The lowest BCUT2D eigenvalue weighted by Gasteiger charge is -2.26. The maximum atomic E-state index is 12.3. The molecule has 126 valence electrons. The van der Waals surface area contributed by atoms with Crippen LogP contribution in [-0.4, -0.2) is 27.6 Å². The zero-order valence-corrected chi connectivity index (χ0v) is 12.7. The number of ketones is 1. The lowest BCUT2D eigenvalue weighted by Crippen LogP contribution is -2.28. The topological polar surface area (TPSA) is 55.2 Å². The summed E-state index contributed by atoms with van der Waals surface area (Å²) in [6.45, 7) is 1.22. The second-order valence-electron chi connectivity index (χ2n) is 5.49. The number of carbonyl (C=O) groups excluding carboxylic acids is 2. The van der Waals surface area contributed by atoms with Crippen LogP contribution in [0.2, 0.25) is 0 Å². The van der Waals surface area contributed by atoms with Gasteiger partial charge in [-0.25, -0.2) is 4.68 Å². The smallest absolute Gasteiger partial charge is 0.285 e. The Morgan fingerprint density at radius 1 is 1.30 bits per heavy atom. The normalized spacial score (nSPS) is 16.7. The molecule has 0 saturated heterocycles. The minimum absolute atomic E-state index is 0.113. The molecule has 0 spiro atoms. The summed E-state index contributed by atoms with van der Waals surface area (Å²) in [5, 5.41) is 4.20. The zero-order valence-electron chi connectivity index (χ0n) is 12.7. The van der Waals surface area contributed by atoms with Crippen molar-refractivity contribution in [1.29, 1.82) is 0 Å². The molecule has 1 fully saturated rings. The van der Waals surface area contributed by atoms with Gasteiger partial charge in [-0.3, -0.25) is 14.5 Å². The van der Waals surface area contributed by atoms with Crippen molar-refractivity contribution in [3.8, 4) is 0 Å². The van der Waals surface area contributed by atoms with E-state index in [1.165, 1.54) is 13.1 Å². The van der Waals surface area contributed by atoms with Gasteiger partial charge in [0.05, 0.1) is 12.2 Å². The van der Waals surface area contributed by atoms with Crippen molar-refractivity contribution in [3.05, 3.63) is 24.5 Å². The molecular formula is C15H18F3N3O2. The highest BCUT2D eigenvalue weighted by molar-refractivity contribution is 5.98. The van der Waals surface area contributed by atoms with Crippen LogP contribution in [0.5, 0.6) is 0 Å². The van der Waals surface area contributed by atoms with Crippen LogP contribution in [0, 0.1) is 0 Å². The van der Waals surface area contributed by atoms with Crippen molar-refractivity contribution in [1.82, 2.24) is 9.78 Å². The van der Waals surface area contributed by atoms with Gasteiger partial charge >= 0.3 is 6.18 Å². The minimum Gasteiger partial charge on any atom is -0.285 e. The summed E-state index contributed by atoms with van der Waals surface area (Å²) in [7, 11) is 0. The fourth-order valence-electron chi connectivity index (χ4n) is 2.68. The van der Waals surface area contributed by atoms with Crippen LogP contribution >= 0.6 is 0 Å². The van der Waals surface area contributed by atoms with Crippen molar-refractivity contribution < 1.29 is 22.8 Å². The number of allylic oxidation sites excluding steroid dienone is 1. The van der Waals surface area contributed by atoms with E-state index in [9.17, 15) is 22.8 Å². The molecule has 1 aliphatic carbocycles. The van der Waals surface area contributed by atoms with E-state index in [4.69, 9.17) is 0 Å². The molecule has 1 aromatic rings. The Balaban J connectivity index is 2.25. The molecule has 0 aromatic carbocycles. The number of aromatic nitrogens is 2. The highest BCUT2D eigenvalue weighted by Gasteiger charge is 2.36. The first kappa shape index (κ1) is 17.2. The standard InChI is InChI=1S/C15H18F3N3O2/c1-11(22)20(10-8-13(23)15(16,17)18)14-7-9-19-21(14)12-5-3-2-4-6-12/h7-10,12H,2-6H2,1H3. The van der Waals surface area contributed by atoms with E-state index in [2.05, 4.69) is 5.10 Å². The average Bonchev–Trinajstić information content (AvgIpc) is 2.96. The molecule has 2 rings (SSSR count). The van der Waals surface area contributed by atoms with Gasteiger partial charge in [-0.05, 0) is 12.8 Å². The van der Waals surface area contributed by atoms with Crippen LogP contribution in [0.4, 0.5) is 19.0 Å². The van der Waals surface area contributed by atoms with Crippen molar-refractivity contribution >= 4 is 17.5 Å². The van der Waals surface area contributed by atoms with Crippen LogP contribution in [0.3, 0.4) is 0 Å². The number of hydrogen-bond donors (Lipinski definition) is 0. The van der Waals surface area contributed by atoms with Gasteiger partial charge in [0.2, 0.25) is 5.91 Å². The Bertz CT molecular complexity index is 601. The largest absolute Gasteiger partial charge is 0.454 e. The van der Waals surface area contributed by atoms with Crippen LogP contribution in [0.15, 0.2) is 24.5 Å². The predicted octanol–water partition coefficient (Wildman–Crippen LogP) is 3.39. The highest BCUT2D eigenvalue weighted by atomic mass is 19.4. The molecule has 23 heavy (non-hydrogen) atoms. The first-order chi connectivity index (χ1) is 10.8. The molecule has 1 saturated carbocycles. The fraction of sp³-hybridized carbons (Fsp3) is 0.533. The Hall–Kier alpha value is -2.12. The van der Waals surface area contributed by atoms with Crippen LogP contribution in [-0.2, 0) is 9.59 Å².